The van der Waals surface area contributed by atoms with Gasteiger partial charge in [-0.25, -0.2) is 4.98 Å². The van der Waals surface area contributed by atoms with Crippen molar-refractivity contribution in [2.75, 3.05) is 43.1 Å². The van der Waals surface area contributed by atoms with Crippen LogP contribution < -0.4 is 15.0 Å². The largest absolute Gasteiger partial charge is 0.611 e. The summed E-state index contributed by atoms with van der Waals surface area (Å²) in [5, 5.41) is 2.97. The fourth-order valence-corrected chi connectivity index (χ4v) is 6.90. The Kier molecular flexibility index (Phi) is 16.1. The molecule has 1 aromatic heterocycles. The summed E-state index contributed by atoms with van der Waals surface area (Å²) in [6, 6.07) is 21.8. The van der Waals surface area contributed by atoms with Crippen LogP contribution in [0.5, 0.6) is 5.75 Å². The molecule has 4 rings (SSSR count). The van der Waals surface area contributed by atoms with Crippen molar-refractivity contribution in [2.24, 2.45) is 11.8 Å². The molecule has 9 heteroatoms. The average Bonchev–Trinajstić information content (AvgIpc) is 3.55. The van der Waals surface area contributed by atoms with E-state index in [9.17, 15) is 9.35 Å². The molecule has 1 atom stereocenters. The number of imidazole rings is 1. The van der Waals surface area contributed by atoms with Crippen LogP contribution in [-0.4, -0.2) is 52.9 Å². The molecule has 0 spiro atoms. The van der Waals surface area contributed by atoms with Crippen LogP contribution in [0, 0.1) is 11.8 Å². The van der Waals surface area contributed by atoms with E-state index in [4.69, 9.17) is 9.47 Å². The molecule has 0 saturated heterocycles. The van der Waals surface area contributed by atoms with E-state index in [1.54, 1.807) is 30.7 Å². The number of aryl methyl sites for hydroxylation is 1. The number of nitrogens with zero attached hydrogens (tertiary/aromatic N) is 3. The van der Waals surface area contributed by atoms with E-state index in [1.165, 1.54) is 0 Å². The number of hydrogen-bond donors (Lipinski definition) is 1. The van der Waals surface area contributed by atoms with Gasteiger partial charge >= 0.3 is 0 Å². The van der Waals surface area contributed by atoms with Crippen molar-refractivity contribution in [3.8, 4) is 16.9 Å². The smallest absolute Gasteiger partial charge is 0.248 e. The molecule has 4 aromatic rings. The summed E-state index contributed by atoms with van der Waals surface area (Å²) >= 11 is -1.22. The van der Waals surface area contributed by atoms with Gasteiger partial charge in [-0.05, 0) is 107 Å². The lowest BCUT2D eigenvalue weighted by Crippen LogP contribution is -2.31. The van der Waals surface area contributed by atoms with E-state index in [0.717, 1.165) is 79.3 Å². The Morgan fingerprint density at radius 3 is 2.29 bits per heavy atom. The summed E-state index contributed by atoms with van der Waals surface area (Å²) in [7, 11) is 0. The summed E-state index contributed by atoms with van der Waals surface area (Å²) in [5.74, 6) is 1.92. The van der Waals surface area contributed by atoms with E-state index in [0.29, 0.717) is 41.4 Å². The highest BCUT2D eigenvalue weighted by atomic mass is 32.2. The first-order valence-electron chi connectivity index (χ1n) is 18.3. The third-order valence-electron chi connectivity index (χ3n) is 8.21. The van der Waals surface area contributed by atoms with Crippen LogP contribution in [0.3, 0.4) is 0 Å². The van der Waals surface area contributed by atoms with Gasteiger partial charge in [-0.2, -0.15) is 0 Å². The highest BCUT2D eigenvalue weighted by Crippen LogP contribution is 2.31. The average molecular weight is 713 g/mol. The lowest BCUT2D eigenvalue weighted by Gasteiger charge is -2.30. The van der Waals surface area contributed by atoms with Gasteiger partial charge in [-0.15, -0.1) is 0 Å². The molecule has 0 fully saturated rings. The zero-order valence-corrected chi connectivity index (χ0v) is 32.1. The summed E-state index contributed by atoms with van der Waals surface area (Å²) in [6.07, 6.45) is 10.2. The maximum absolute atomic E-state index is 13.2. The molecule has 1 amide bonds. The maximum Gasteiger partial charge on any atom is 0.248 e. The minimum atomic E-state index is -1.22. The lowest BCUT2D eigenvalue weighted by atomic mass is 9.99. The monoisotopic (exact) mass is 712 g/mol. The number of aromatic nitrogens is 2. The molecule has 3 aromatic carbocycles. The van der Waals surface area contributed by atoms with Crippen molar-refractivity contribution >= 4 is 34.5 Å². The van der Waals surface area contributed by atoms with Crippen molar-refractivity contribution in [2.45, 2.75) is 78.0 Å². The van der Waals surface area contributed by atoms with Crippen LogP contribution in [0.4, 0.5) is 11.4 Å². The van der Waals surface area contributed by atoms with Crippen LogP contribution in [0.1, 0.15) is 72.1 Å². The molecule has 274 valence electrons. The molecule has 51 heavy (non-hydrogen) atoms. The fourth-order valence-electron chi connectivity index (χ4n) is 5.79. The first-order valence-corrected chi connectivity index (χ1v) is 19.6. The van der Waals surface area contributed by atoms with Crippen molar-refractivity contribution in [1.29, 1.82) is 0 Å². The Balaban J connectivity index is 1.48. The Morgan fingerprint density at radius 1 is 0.922 bits per heavy atom. The third-order valence-corrected chi connectivity index (χ3v) is 9.56. The summed E-state index contributed by atoms with van der Waals surface area (Å²) < 4.78 is 26.6. The number of rotatable bonds is 21. The summed E-state index contributed by atoms with van der Waals surface area (Å²) in [4.78, 5) is 20.5. The number of unbranched alkanes of at least 4 members (excludes halogenated alkanes) is 1. The van der Waals surface area contributed by atoms with Gasteiger partial charge in [-0.1, -0.05) is 66.2 Å². The molecule has 0 unspecified atom stereocenters. The van der Waals surface area contributed by atoms with Gasteiger partial charge in [0.2, 0.25) is 5.91 Å². The number of benzene rings is 3. The maximum atomic E-state index is 13.2. The molecule has 0 aliphatic rings. The number of carbonyl (C=O) groups excluding carboxylic acids is 1. The van der Waals surface area contributed by atoms with Gasteiger partial charge < -0.3 is 28.8 Å². The molecule has 0 radical (unpaired) electrons. The standard InChI is InChI=1S/C42H56N4O4S/c1-7-9-23-49-24-25-50-39-16-10-34(11-17-39)35-12-20-41(46(28-32(3)4)29-33(5)6)36(26-35)13-21-42(47)44-37-14-18-40(19-15-37)51(48)30-38-27-43-31-45(38)22-8-2/h10-21,26-27,31-33H,7-9,22-25,28-30H2,1-6H3,(H,44,47)/t51-/m0/s1. The van der Waals surface area contributed by atoms with Gasteiger partial charge in [0.05, 0.1) is 24.8 Å². The quantitative estimate of drug-likeness (QED) is 0.0526. The van der Waals surface area contributed by atoms with Crippen molar-refractivity contribution in [1.82, 2.24) is 9.55 Å². The van der Waals surface area contributed by atoms with Crippen LogP contribution in [0.15, 0.2) is 90.2 Å². The molecule has 1 N–H and O–H groups in total. The zero-order valence-electron chi connectivity index (χ0n) is 31.3. The molecular weight excluding hydrogens is 657 g/mol. The molecule has 0 saturated carbocycles. The van der Waals surface area contributed by atoms with Crippen LogP contribution >= 0.6 is 0 Å². The highest BCUT2D eigenvalue weighted by molar-refractivity contribution is 7.90. The Bertz CT molecular complexity index is 1640. The molecule has 8 nitrogen and oxygen atoms in total. The second kappa shape index (κ2) is 20.7. The molecular formula is C42H56N4O4S. The molecule has 1 heterocycles. The second-order valence-corrected chi connectivity index (χ2v) is 15.2. The van der Waals surface area contributed by atoms with E-state index in [2.05, 4.69) is 87.1 Å². The third kappa shape index (κ3) is 12.9. The second-order valence-electron chi connectivity index (χ2n) is 13.7. The molecule has 0 aliphatic carbocycles. The Morgan fingerprint density at radius 2 is 1.63 bits per heavy atom. The number of ether oxygens (including phenoxy) is 2. The van der Waals surface area contributed by atoms with Crippen LogP contribution in [0.25, 0.3) is 17.2 Å². The van der Waals surface area contributed by atoms with Crippen molar-refractivity contribution in [3.05, 3.63) is 96.6 Å². The van der Waals surface area contributed by atoms with Crippen LogP contribution in [-0.2, 0) is 33.0 Å². The van der Waals surface area contributed by atoms with Gasteiger partial charge in [0.1, 0.15) is 12.4 Å². The van der Waals surface area contributed by atoms with E-state index < -0.39 is 11.2 Å². The van der Waals surface area contributed by atoms with Crippen molar-refractivity contribution in [3.63, 3.8) is 0 Å². The number of carbonyl (C=O) groups is 1. The van der Waals surface area contributed by atoms with Crippen molar-refractivity contribution < 1.29 is 18.8 Å². The summed E-state index contributed by atoms with van der Waals surface area (Å²) in [6.45, 7) is 17.7. The number of hydrogen-bond acceptors (Lipinski definition) is 6. The first kappa shape index (κ1) is 39.7. The number of amides is 1. The first-order chi connectivity index (χ1) is 24.7. The normalized spacial score (nSPS) is 12.2. The van der Waals surface area contributed by atoms with Crippen LogP contribution in [0.2, 0.25) is 0 Å². The SMILES string of the molecule is CCCCOCCOc1ccc(-c2ccc(N(CC(C)C)CC(C)C)c(C=CC(=O)Nc3ccc([S@@+]([O-])Cc4cncn4CCC)cc3)c2)cc1. The minimum absolute atomic E-state index is 0.233. The predicted molar refractivity (Wildman–Crippen MR) is 212 cm³/mol. The van der Waals surface area contributed by atoms with E-state index in [1.807, 2.05) is 34.9 Å². The van der Waals surface area contributed by atoms with Gasteiger partial charge in [0.25, 0.3) is 0 Å². The fraction of sp³-hybridized carbons (Fsp3) is 0.429. The van der Waals surface area contributed by atoms with E-state index in [-0.39, 0.29) is 5.91 Å². The van der Waals surface area contributed by atoms with Gasteiger partial charge in [0, 0.05) is 43.7 Å². The van der Waals surface area contributed by atoms with Gasteiger partial charge in [0.15, 0.2) is 10.6 Å². The predicted octanol–water partition coefficient (Wildman–Crippen LogP) is 9.23. The number of nitrogens with one attached hydrogen (secondary N) is 1. The zero-order chi connectivity index (χ0) is 36.6. The lowest BCUT2D eigenvalue weighted by molar-refractivity contribution is -0.111. The minimum Gasteiger partial charge on any atom is -0.611 e. The Hall–Kier alpha value is -4.05. The highest BCUT2D eigenvalue weighted by Gasteiger charge is 2.17. The number of anilines is 2. The topological polar surface area (TPSA) is 91.7 Å². The summed E-state index contributed by atoms with van der Waals surface area (Å²) in [5.41, 5.74) is 5.79. The van der Waals surface area contributed by atoms with Gasteiger partial charge in [-0.3, -0.25) is 4.79 Å². The molecule has 0 aliphatic heterocycles. The Labute approximate surface area is 308 Å². The molecule has 0 bridgehead atoms. The van der Waals surface area contributed by atoms with E-state index >= 15 is 0 Å².